The predicted molar refractivity (Wildman–Crippen MR) is 139 cm³/mol. The molecule has 10 heteroatoms. The molecule has 0 saturated carbocycles. The Bertz CT molecular complexity index is 1410. The minimum absolute atomic E-state index is 0.00579. The minimum Gasteiger partial charge on any atom is -0.494 e. The van der Waals surface area contributed by atoms with Crippen LogP contribution in [0.15, 0.2) is 24.5 Å². The lowest BCUT2D eigenvalue weighted by Gasteiger charge is -2.22. The molecule has 4 aromatic rings. The first-order valence-electron chi connectivity index (χ1n) is 12.7. The molecule has 202 valence electrons. The van der Waals surface area contributed by atoms with Crippen LogP contribution in [0.3, 0.4) is 0 Å². The number of benzene rings is 1. The van der Waals surface area contributed by atoms with Crippen LogP contribution >= 0.6 is 0 Å². The van der Waals surface area contributed by atoms with E-state index in [2.05, 4.69) is 9.97 Å². The monoisotopic (exact) mass is 526 g/mol. The fourth-order valence-electron chi connectivity index (χ4n) is 5.07. The maximum atomic E-state index is 15.0. The van der Waals surface area contributed by atoms with Crippen LogP contribution in [-0.4, -0.2) is 53.5 Å². The van der Waals surface area contributed by atoms with Gasteiger partial charge in [0.2, 0.25) is 0 Å². The summed E-state index contributed by atoms with van der Waals surface area (Å²) in [6.07, 6.45) is 6.48. The number of halogens is 2. The van der Waals surface area contributed by atoms with E-state index < -0.39 is 11.6 Å². The van der Waals surface area contributed by atoms with Gasteiger partial charge in [-0.15, -0.1) is 0 Å². The van der Waals surface area contributed by atoms with Crippen molar-refractivity contribution < 1.29 is 27.7 Å². The third-order valence-electron chi connectivity index (χ3n) is 7.06. The average molecular weight is 527 g/mol. The number of aryl methyl sites for hydroxylation is 1. The minimum atomic E-state index is -0.752. The lowest BCUT2D eigenvalue weighted by Crippen LogP contribution is -2.24. The second-order valence-electron chi connectivity index (χ2n) is 9.43. The highest BCUT2D eigenvalue weighted by Gasteiger charge is 2.22. The number of rotatable bonds is 9. The van der Waals surface area contributed by atoms with Gasteiger partial charge >= 0.3 is 0 Å². The molecular weight excluding hydrogens is 494 g/mol. The van der Waals surface area contributed by atoms with Crippen LogP contribution < -0.4 is 9.47 Å². The van der Waals surface area contributed by atoms with Crippen molar-refractivity contribution in [3.8, 4) is 22.6 Å². The van der Waals surface area contributed by atoms with Crippen LogP contribution in [0.4, 0.5) is 8.78 Å². The summed E-state index contributed by atoms with van der Waals surface area (Å²) in [5, 5.41) is 5.49. The van der Waals surface area contributed by atoms with Crippen molar-refractivity contribution in [1.82, 2.24) is 19.7 Å². The van der Waals surface area contributed by atoms with Gasteiger partial charge < -0.3 is 23.9 Å². The van der Waals surface area contributed by atoms with Crippen molar-refractivity contribution in [2.75, 3.05) is 27.4 Å². The number of nitrogens with one attached hydrogen (secondary N) is 1. The van der Waals surface area contributed by atoms with Gasteiger partial charge in [-0.05, 0) is 44.7 Å². The standard InChI is InChI=1S/C28H32F2N4O4/c1-16-25(17(2)34(33-16)8-10-38-24-7-5-6-9-37-24)19-12-20-18(14-31-28(20)32-15-19)11-21-26(29)22(35-3)13-23(36-4)27(21)30/h12-15,24H,5-11H2,1-4H3,(H,31,32). The molecule has 0 amide bonds. The number of ether oxygens (including phenoxy) is 4. The van der Waals surface area contributed by atoms with Crippen LogP contribution in [0.2, 0.25) is 0 Å². The summed E-state index contributed by atoms with van der Waals surface area (Å²) >= 11 is 0. The average Bonchev–Trinajstić information content (AvgIpc) is 3.46. The van der Waals surface area contributed by atoms with Crippen molar-refractivity contribution in [2.24, 2.45) is 0 Å². The Morgan fingerprint density at radius 3 is 2.55 bits per heavy atom. The highest BCUT2D eigenvalue weighted by molar-refractivity contribution is 5.85. The number of nitrogens with zero attached hydrogens (tertiary/aromatic N) is 3. The van der Waals surface area contributed by atoms with Gasteiger partial charge in [-0.3, -0.25) is 4.68 Å². The van der Waals surface area contributed by atoms with Gasteiger partial charge in [0.05, 0.1) is 33.1 Å². The first kappa shape index (κ1) is 26.1. The Labute approximate surface area is 219 Å². The molecule has 0 bridgehead atoms. The van der Waals surface area contributed by atoms with Crippen molar-refractivity contribution >= 4 is 11.0 Å². The molecule has 1 N–H and O–H groups in total. The highest BCUT2D eigenvalue weighted by atomic mass is 19.1. The topological polar surface area (TPSA) is 83.4 Å². The number of pyridine rings is 1. The first-order chi connectivity index (χ1) is 18.4. The van der Waals surface area contributed by atoms with E-state index in [4.69, 9.17) is 24.0 Å². The molecule has 1 aromatic carbocycles. The van der Waals surface area contributed by atoms with E-state index in [0.29, 0.717) is 24.4 Å². The Morgan fingerprint density at radius 1 is 1.11 bits per heavy atom. The zero-order valence-corrected chi connectivity index (χ0v) is 22.1. The molecule has 1 aliphatic heterocycles. The molecule has 0 radical (unpaired) electrons. The summed E-state index contributed by atoms with van der Waals surface area (Å²) in [5.41, 5.74) is 4.90. The fraction of sp³-hybridized carbons (Fsp3) is 0.429. The molecule has 38 heavy (non-hydrogen) atoms. The Balaban J connectivity index is 1.42. The van der Waals surface area contributed by atoms with E-state index in [-0.39, 0.29) is 29.8 Å². The van der Waals surface area contributed by atoms with Crippen molar-refractivity contribution in [3.63, 3.8) is 0 Å². The van der Waals surface area contributed by atoms with Gasteiger partial charge in [-0.1, -0.05) is 0 Å². The molecule has 1 unspecified atom stereocenters. The van der Waals surface area contributed by atoms with E-state index >= 15 is 8.78 Å². The molecular formula is C28H32F2N4O4. The highest BCUT2D eigenvalue weighted by Crippen LogP contribution is 2.35. The van der Waals surface area contributed by atoms with Gasteiger partial charge in [0.25, 0.3) is 0 Å². The van der Waals surface area contributed by atoms with Crippen LogP contribution in [0, 0.1) is 25.5 Å². The Morgan fingerprint density at radius 2 is 1.87 bits per heavy atom. The number of hydrogen-bond acceptors (Lipinski definition) is 6. The lowest BCUT2D eigenvalue weighted by atomic mass is 10.00. The zero-order valence-electron chi connectivity index (χ0n) is 22.1. The van der Waals surface area contributed by atoms with Crippen LogP contribution in [-0.2, 0) is 22.4 Å². The fourth-order valence-corrected chi connectivity index (χ4v) is 5.07. The second-order valence-corrected chi connectivity index (χ2v) is 9.43. The van der Waals surface area contributed by atoms with E-state index in [9.17, 15) is 0 Å². The van der Waals surface area contributed by atoms with E-state index in [1.165, 1.54) is 20.3 Å². The number of aromatic amines is 1. The number of methoxy groups -OCH3 is 2. The summed E-state index contributed by atoms with van der Waals surface area (Å²) < 4.78 is 53.7. The molecule has 1 fully saturated rings. The van der Waals surface area contributed by atoms with Gasteiger partial charge in [0.15, 0.2) is 29.4 Å². The van der Waals surface area contributed by atoms with Gasteiger partial charge in [0, 0.05) is 59.3 Å². The Hall–Kier alpha value is -3.50. The van der Waals surface area contributed by atoms with E-state index in [1.807, 2.05) is 24.6 Å². The number of fused-ring (bicyclic) bond motifs is 1. The molecule has 8 nitrogen and oxygen atoms in total. The Kier molecular flexibility index (Phi) is 7.62. The molecule has 0 spiro atoms. The molecule has 1 atom stereocenters. The van der Waals surface area contributed by atoms with Crippen molar-refractivity contribution in [3.05, 3.63) is 58.7 Å². The first-order valence-corrected chi connectivity index (χ1v) is 12.7. The molecule has 1 saturated heterocycles. The van der Waals surface area contributed by atoms with Gasteiger partial charge in [-0.25, -0.2) is 13.8 Å². The van der Waals surface area contributed by atoms with Gasteiger partial charge in [-0.2, -0.15) is 5.10 Å². The number of aromatic nitrogens is 4. The second kappa shape index (κ2) is 11.1. The lowest BCUT2D eigenvalue weighted by molar-refractivity contribution is -0.163. The summed E-state index contributed by atoms with van der Waals surface area (Å²) in [4.78, 5) is 7.69. The molecule has 5 rings (SSSR count). The quantitative estimate of drug-likeness (QED) is 0.311. The normalized spacial score (nSPS) is 15.8. The smallest absolute Gasteiger partial charge is 0.171 e. The number of H-pyrrole nitrogens is 1. The number of hydrogen-bond donors (Lipinski definition) is 1. The SMILES string of the molecule is COc1cc(OC)c(F)c(Cc2c[nH]c3ncc(-c4c(C)nn(CCOC5CCCCO5)c4C)cc23)c1F. The maximum absolute atomic E-state index is 15.0. The summed E-state index contributed by atoms with van der Waals surface area (Å²) in [6.45, 7) is 5.83. The summed E-state index contributed by atoms with van der Waals surface area (Å²) in [5.74, 6) is -1.65. The zero-order chi connectivity index (χ0) is 26.8. The molecule has 3 aromatic heterocycles. The largest absolute Gasteiger partial charge is 0.494 e. The molecule has 4 heterocycles. The molecule has 1 aliphatic rings. The van der Waals surface area contributed by atoms with Crippen LogP contribution in [0.5, 0.6) is 11.5 Å². The summed E-state index contributed by atoms with van der Waals surface area (Å²) in [7, 11) is 2.67. The van der Waals surface area contributed by atoms with Crippen LogP contribution in [0.1, 0.15) is 41.8 Å². The molecule has 0 aliphatic carbocycles. The van der Waals surface area contributed by atoms with Crippen molar-refractivity contribution in [2.45, 2.75) is 52.4 Å². The summed E-state index contributed by atoms with van der Waals surface area (Å²) in [6, 6.07) is 3.19. The van der Waals surface area contributed by atoms with E-state index in [1.54, 1.807) is 12.4 Å². The van der Waals surface area contributed by atoms with Gasteiger partial charge in [0.1, 0.15) is 5.65 Å². The van der Waals surface area contributed by atoms with Crippen molar-refractivity contribution in [1.29, 1.82) is 0 Å². The van der Waals surface area contributed by atoms with Crippen LogP contribution in [0.25, 0.3) is 22.2 Å². The maximum Gasteiger partial charge on any atom is 0.171 e. The third-order valence-corrected chi connectivity index (χ3v) is 7.06. The third kappa shape index (κ3) is 4.98. The van der Waals surface area contributed by atoms with E-state index in [0.717, 1.165) is 53.8 Å². The predicted octanol–water partition coefficient (Wildman–Crippen LogP) is 5.47.